The zero-order valence-electron chi connectivity index (χ0n) is 11.1. The molecule has 0 saturated carbocycles. The van der Waals surface area contributed by atoms with Gasteiger partial charge in [-0.15, -0.1) is 5.10 Å². The van der Waals surface area contributed by atoms with Gasteiger partial charge in [-0.2, -0.15) is 4.98 Å². The van der Waals surface area contributed by atoms with Crippen LogP contribution in [0.15, 0.2) is 30.3 Å². The molecule has 0 aliphatic heterocycles. The number of nitrogens with zero attached hydrogens (tertiary/aromatic N) is 3. The number of methoxy groups -OCH3 is 1. The maximum atomic E-state index is 13.8. The predicted molar refractivity (Wildman–Crippen MR) is 74.1 cm³/mol. The predicted octanol–water partition coefficient (Wildman–Crippen LogP) is 2.43. The Labute approximate surface area is 114 Å². The molecule has 0 bridgehead atoms. The monoisotopic (exact) mass is 272 g/mol. The van der Waals surface area contributed by atoms with Crippen LogP contribution in [0.4, 0.5) is 10.3 Å². The van der Waals surface area contributed by atoms with Crippen LogP contribution >= 0.6 is 0 Å². The van der Waals surface area contributed by atoms with Gasteiger partial charge < -0.3 is 10.5 Å². The van der Waals surface area contributed by atoms with E-state index in [1.165, 1.54) is 13.2 Å². The van der Waals surface area contributed by atoms with E-state index in [1.54, 1.807) is 22.7 Å². The number of nitrogens with two attached hydrogens (primary N) is 1. The lowest BCUT2D eigenvalue weighted by atomic mass is 10.0. The van der Waals surface area contributed by atoms with Gasteiger partial charge in [0.2, 0.25) is 5.95 Å². The van der Waals surface area contributed by atoms with Gasteiger partial charge in [0, 0.05) is 11.3 Å². The van der Waals surface area contributed by atoms with E-state index in [4.69, 9.17) is 10.5 Å². The van der Waals surface area contributed by atoms with Gasteiger partial charge in [-0.1, -0.05) is 6.07 Å². The summed E-state index contributed by atoms with van der Waals surface area (Å²) in [5.41, 5.74) is 8.71. The Morgan fingerprint density at radius 3 is 2.75 bits per heavy atom. The minimum atomic E-state index is -0.400. The average molecular weight is 272 g/mol. The van der Waals surface area contributed by atoms with E-state index in [1.807, 2.05) is 13.0 Å². The molecule has 0 amide bonds. The fourth-order valence-corrected chi connectivity index (χ4v) is 2.23. The van der Waals surface area contributed by atoms with E-state index < -0.39 is 5.82 Å². The number of benzene rings is 1. The molecule has 102 valence electrons. The second kappa shape index (κ2) is 4.48. The van der Waals surface area contributed by atoms with Crippen molar-refractivity contribution in [3.63, 3.8) is 0 Å². The quantitative estimate of drug-likeness (QED) is 0.778. The fourth-order valence-electron chi connectivity index (χ4n) is 2.23. The molecule has 0 unspecified atom stereocenters. The van der Waals surface area contributed by atoms with Crippen LogP contribution in [0.3, 0.4) is 0 Å². The van der Waals surface area contributed by atoms with Gasteiger partial charge in [0.25, 0.3) is 0 Å². The molecule has 0 radical (unpaired) electrons. The van der Waals surface area contributed by atoms with Crippen molar-refractivity contribution in [2.45, 2.75) is 6.92 Å². The first kappa shape index (κ1) is 12.4. The molecule has 0 fully saturated rings. The molecule has 20 heavy (non-hydrogen) atoms. The van der Waals surface area contributed by atoms with Gasteiger partial charge in [0.15, 0.2) is 17.2 Å². The Morgan fingerprint density at radius 1 is 1.25 bits per heavy atom. The third-order valence-electron chi connectivity index (χ3n) is 3.22. The number of pyridine rings is 1. The van der Waals surface area contributed by atoms with Gasteiger partial charge >= 0.3 is 0 Å². The van der Waals surface area contributed by atoms with E-state index in [2.05, 4.69) is 10.1 Å². The summed E-state index contributed by atoms with van der Waals surface area (Å²) in [6.07, 6.45) is 0. The van der Waals surface area contributed by atoms with Crippen molar-refractivity contribution in [1.82, 2.24) is 14.6 Å². The molecule has 0 spiro atoms. The van der Waals surface area contributed by atoms with Crippen molar-refractivity contribution in [3.05, 3.63) is 41.8 Å². The molecule has 0 atom stereocenters. The van der Waals surface area contributed by atoms with Crippen molar-refractivity contribution < 1.29 is 9.13 Å². The van der Waals surface area contributed by atoms with Crippen molar-refractivity contribution in [2.75, 3.05) is 12.8 Å². The summed E-state index contributed by atoms with van der Waals surface area (Å²) in [4.78, 5) is 4.09. The van der Waals surface area contributed by atoms with E-state index in [0.29, 0.717) is 5.65 Å². The van der Waals surface area contributed by atoms with Crippen LogP contribution in [0.25, 0.3) is 16.8 Å². The van der Waals surface area contributed by atoms with Gasteiger partial charge in [0.05, 0.1) is 7.11 Å². The number of nitrogen functional groups attached to an aromatic ring is 1. The van der Waals surface area contributed by atoms with Crippen LogP contribution < -0.4 is 10.5 Å². The first-order valence-corrected chi connectivity index (χ1v) is 6.06. The second-order valence-electron chi connectivity index (χ2n) is 4.42. The van der Waals surface area contributed by atoms with Crippen molar-refractivity contribution in [1.29, 1.82) is 0 Å². The number of halogens is 1. The molecule has 0 saturated heterocycles. The smallest absolute Gasteiger partial charge is 0.240 e. The molecule has 1 aromatic carbocycles. The van der Waals surface area contributed by atoms with E-state index in [-0.39, 0.29) is 11.7 Å². The summed E-state index contributed by atoms with van der Waals surface area (Å²) in [7, 11) is 1.44. The largest absolute Gasteiger partial charge is 0.494 e. The topological polar surface area (TPSA) is 65.4 Å². The summed E-state index contributed by atoms with van der Waals surface area (Å²) in [5, 5.41) is 4.12. The summed E-state index contributed by atoms with van der Waals surface area (Å²) < 4.78 is 20.4. The van der Waals surface area contributed by atoms with Gasteiger partial charge in [-0.3, -0.25) is 0 Å². The SMILES string of the molecule is COc1ccc(-c2ccc3nc(N)nn3c2C)cc1F. The van der Waals surface area contributed by atoms with E-state index >= 15 is 0 Å². The molecule has 2 heterocycles. The maximum Gasteiger partial charge on any atom is 0.240 e. The number of fused-ring (bicyclic) bond motifs is 1. The minimum absolute atomic E-state index is 0.214. The summed E-state index contributed by atoms with van der Waals surface area (Å²) >= 11 is 0. The van der Waals surface area contributed by atoms with E-state index in [9.17, 15) is 4.39 Å². The third kappa shape index (κ3) is 1.85. The highest BCUT2D eigenvalue weighted by Crippen LogP contribution is 2.28. The van der Waals surface area contributed by atoms with Crippen molar-refractivity contribution in [2.24, 2.45) is 0 Å². The number of hydrogen-bond acceptors (Lipinski definition) is 4. The number of hydrogen-bond donors (Lipinski definition) is 1. The van der Waals surface area contributed by atoms with E-state index in [0.717, 1.165) is 16.8 Å². The first-order chi connectivity index (χ1) is 9.60. The van der Waals surface area contributed by atoms with Gasteiger partial charge in [-0.05, 0) is 36.8 Å². The van der Waals surface area contributed by atoms with Crippen LogP contribution in [0, 0.1) is 12.7 Å². The molecule has 2 N–H and O–H groups in total. The van der Waals surface area contributed by atoms with Crippen molar-refractivity contribution >= 4 is 11.6 Å². The number of aryl methyl sites for hydroxylation is 1. The van der Waals surface area contributed by atoms with Crippen LogP contribution in [0.2, 0.25) is 0 Å². The molecule has 2 aromatic heterocycles. The maximum absolute atomic E-state index is 13.8. The lowest BCUT2D eigenvalue weighted by molar-refractivity contribution is 0.386. The number of anilines is 1. The Kier molecular flexibility index (Phi) is 2.78. The number of rotatable bonds is 2. The minimum Gasteiger partial charge on any atom is -0.494 e. The molecule has 6 heteroatoms. The molecule has 5 nitrogen and oxygen atoms in total. The highest BCUT2D eigenvalue weighted by atomic mass is 19.1. The molecule has 0 aliphatic rings. The standard InChI is InChI=1S/C14H13FN4O/c1-8-10(4-6-13-17-14(16)18-19(8)13)9-3-5-12(20-2)11(15)7-9/h3-7H,1-2H3,(H2,16,18). The normalized spacial score (nSPS) is 10.9. The molecule has 3 rings (SSSR count). The van der Waals surface area contributed by atoms with Gasteiger partial charge in [-0.25, -0.2) is 8.91 Å². The lowest BCUT2D eigenvalue weighted by Crippen LogP contribution is -1.98. The number of aromatic nitrogens is 3. The Balaban J connectivity index is 2.18. The lowest BCUT2D eigenvalue weighted by Gasteiger charge is -2.09. The zero-order valence-corrected chi connectivity index (χ0v) is 11.1. The molecule has 3 aromatic rings. The summed E-state index contributed by atoms with van der Waals surface area (Å²) in [5.74, 6) is 0.0336. The average Bonchev–Trinajstić information content (AvgIpc) is 2.81. The molecule has 0 aliphatic carbocycles. The first-order valence-electron chi connectivity index (χ1n) is 6.06. The highest BCUT2D eigenvalue weighted by Gasteiger charge is 2.11. The number of ether oxygens (including phenoxy) is 1. The Hall–Kier alpha value is -2.63. The summed E-state index contributed by atoms with van der Waals surface area (Å²) in [6.45, 7) is 1.89. The highest BCUT2D eigenvalue weighted by molar-refractivity contribution is 5.69. The van der Waals surface area contributed by atoms with Crippen LogP contribution in [-0.2, 0) is 0 Å². The third-order valence-corrected chi connectivity index (χ3v) is 3.22. The molecular formula is C14H13FN4O. The zero-order chi connectivity index (χ0) is 14.3. The van der Waals surface area contributed by atoms with Gasteiger partial charge in [0.1, 0.15) is 0 Å². The van der Waals surface area contributed by atoms with Crippen LogP contribution in [0.5, 0.6) is 5.75 Å². The van der Waals surface area contributed by atoms with Crippen LogP contribution in [-0.4, -0.2) is 21.7 Å². The Morgan fingerprint density at radius 2 is 2.05 bits per heavy atom. The second-order valence-corrected chi connectivity index (χ2v) is 4.42. The summed E-state index contributed by atoms with van der Waals surface area (Å²) in [6, 6.07) is 8.52. The molecular weight excluding hydrogens is 259 g/mol. The van der Waals surface area contributed by atoms with Crippen molar-refractivity contribution in [3.8, 4) is 16.9 Å². The fraction of sp³-hybridized carbons (Fsp3) is 0.143. The van der Waals surface area contributed by atoms with Crippen LogP contribution in [0.1, 0.15) is 5.69 Å². The Bertz CT molecular complexity index is 797.